The average molecular weight is 697 g/mol. The Morgan fingerprint density at radius 2 is 1.65 bits per heavy atom. The maximum Gasteiger partial charge on any atom is 0.501 e. The van der Waals surface area contributed by atoms with E-state index in [1.54, 1.807) is 0 Å². The van der Waals surface area contributed by atoms with Gasteiger partial charge >= 0.3 is 11.5 Å². The van der Waals surface area contributed by atoms with E-state index in [2.05, 4.69) is 10.6 Å². The number of fused-ring (bicyclic) bond motifs is 5. The topological polar surface area (TPSA) is 148 Å². The molecule has 5 aliphatic rings. The molecule has 7 rings (SSSR count). The Morgan fingerprint density at radius 3 is 2.27 bits per heavy atom. The third-order valence-electron chi connectivity index (χ3n) is 11.1. The molecule has 10 nitrogen and oxygen atoms in total. The summed E-state index contributed by atoms with van der Waals surface area (Å²) in [7, 11) is -4.35. The molecule has 0 radical (unpaired) electrons. The highest BCUT2D eigenvalue weighted by Gasteiger charge is 2.54. The molecule has 5 saturated carbocycles. The van der Waals surface area contributed by atoms with Crippen molar-refractivity contribution >= 4 is 33.3 Å². The van der Waals surface area contributed by atoms with E-state index in [1.165, 1.54) is 19.2 Å². The van der Waals surface area contributed by atoms with E-state index in [9.17, 15) is 41.1 Å². The molecule has 4 unspecified atom stereocenters. The first-order chi connectivity index (χ1) is 22.6. The van der Waals surface area contributed by atoms with Crippen molar-refractivity contribution < 1.29 is 54.9 Å². The largest absolute Gasteiger partial charge is 0.501 e. The lowest BCUT2D eigenvalue weighted by Crippen LogP contribution is -2.48. The number of rotatable bonds is 10. The number of halogens is 4. The number of carboxylic acids is 1. The number of amides is 2. The second kappa shape index (κ2) is 12.2. The highest BCUT2D eigenvalue weighted by Crippen LogP contribution is 2.57. The first-order valence-corrected chi connectivity index (χ1v) is 17.3. The number of anilines is 1. The Hall–Kier alpha value is -3.88. The molecule has 5 fully saturated rings. The standard InChI is InChI=1S/C33H36F4N2O8S/c1-46-24-16-23(34)25(47-17-31-7-10-32(11-8-31,12-9-31)30(42)43)15-22(24)28(40)39-27-19-6-5-18(13-19)26(27)29(41)38-20-3-2-4-21(14-20)48(44,45)33(35,36)37/h2-4,14-16,18-19,26-27H,5-13,17H2,1H3,(H,38,41)(H,39,40)(H,42,43). The van der Waals surface area contributed by atoms with Gasteiger partial charge in [0.15, 0.2) is 11.6 Å². The van der Waals surface area contributed by atoms with Crippen LogP contribution in [0.4, 0.5) is 23.2 Å². The lowest BCUT2D eigenvalue weighted by molar-refractivity contribution is -0.160. The van der Waals surface area contributed by atoms with Crippen LogP contribution in [-0.4, -0.2) is 56.6 Å². The molecule has 0 heterocycles. The lowest BCUT2D eigenvalue weighted by Gasteiger charge is -2.51. The molecule has 0 saturated heterocycles. The normalized spacial score (nSPS) is 29.4. The minimum atomic E-state index is -5.63. The summed E-state index contributed by atoms with van der Waals surface area (Å²) in [6.45, 7) is 0.160. The zero-order valence-corrected chi connectivity index (χ0v) is 26.9. The number of sulfone groups is 1. The molecule has 4 bridgehead atoms. The van der Waals surface area contributed by atoms with Crippen LogP contribution in [0.1, 0.15) is 68.1 Å². The van der Waals surface area contributed by atoms with Crippen molar-refractivity contribution in [2.75, 3.05) is 19.0 Å². The van der Waals surface area contributed by atoms with Crippen molar-refractivity contribution in [1.29, 1.82) is 0 Å². The number of hydrogen-bond acceptors (Lipinski definition) is 7. The van der Waals surface area contributed by atoms with Gasteiger partial charge in [0, 0.05) is 23.2 Å². The number of benzene rings is 2. The van der Waals surface area contributed by atoms with Gasteiger partial charge in [-0.1, -0.05) is 6.07 Å². The number of methoxy groups -OCH3 is 1. The van der Waals surface area contributed by atoms with Crippen molar-refractivity contribution in [2.45, 2.75) is 74.2 Å². The fraction of sp³-hybridized carbons (Fsp3) is 0.545. The summed E-state index contributed by atoms with van der Waals surface area (Å²) < 4.78 is 89.5. The highest BCUT2D eigenvalue weighted by atomic mass is 32.2. The molecular formula is C33H36F4N2O8S. The Morgan fingerprint density at radius 1 is 0.979 bits per heavy atom. The van der Waals surface area contributed by atoms with Gasteiger partial charge in [0.2, 0.25) is 5.91 Å². The molecule has 2 amide bonds. The van der Waals surface area contributed by atoms with Crippen LogP contribution in [0.3, 0.4) is 0 Å². The van der Waals surface area contributed by atoms with Crippen LogP contribution < -0.4 is 20.1 Å². The summed E-state index contributed by atoms with van der Waals surface area (Å²) in [5.74, 6) is -3.89. The van der Waals surface area contributed by atoms with Crippen LogP contribution >= 0.6 is 0 Å². The van der Waals surface area contributed by atoms with Gasteiger partial charge in [0.25, 0.3) is 15.7 Å². The Kier molecular flexibility index (Phi) is 8.66. The molecule has 0 aromatic heterocycles. The molecule has 15 heteroatoms. The SMILES string of the molecule is COc1cc(F)c(OCC23CCC(C(=O)O)(CC2)CC3)cc1C(=O)NC1C2CCC(C2)C1C(=O)Nc1cccc(S(=O)(=O)C(F)(F)F)c1. The number of alkyl halides is 3. The molecule has 5 aliphatic carbocycles. The van der Waals surface area contributed by atoms with Gasteiger partial charge in [-0.05, 0) is 93.9 Å². The third-order valence-corrected chi connectivity index (χ3v) is 12.6. The molecule has 0 spiro atoms. The molecule has 2 aromatic carbocycles. The van der Waals surface area contributed by atoms with Crippen LogP contribution in [-0.2, 0) is 19.4 Å². The van der Waals surface area contributed by atoms with Gasteiger partial charge in [-0.25, -0.2) is 12.8 Å². The van der Waals surface area contributed by atoms with Crippen LogP contribution in [0, 0.1) is 34.4 Å². The minimum Gasteiger partial charge on any atom is -0.496 e. The van der Waals surface area contributed by atoms with Crippen molar-refractivity contribution in [3.63, 3.8) is 0 Å². The van der Waals surface area contributed by atoms with E-state index in [0.717, 1.165) is 30.7 Å². The van der Waals surface area contributed by atoms with E-state index in [1.807, 2.05) is 0 Å². The second-order valence-corrected chi connectivity index (χ2v) is 15.6. The Bertz CT molecular complexity index is 1720. The predicted octanol–water partition coefficient (Wildman–Crippen LogP) is 5.72. The molecule has 4 atom stereocenters. The van der Waals surface area contributed by atoms with E-state index < -0.39 is 61.2 Å². The van der Waals surface area contributed by atoms with E-state index >= 15 is 4.39 Å². The minimum absolute atomic E-state index is 0.0180. The van der Waals surface area contributed by atoms with Gasteiger partial charge in [0.05, 0.1) is 35.5 Å². The Balaban J connectivity index is 1.17. The Labute approximate surface area is 274 Å². The quantitative estimate of drug-likeness (QED) is 0.268. The van der Waals surface area contributed by atoms with Crippen LogP contribution in [0.5, 0.6) is 11.5 Å². The summed E-state index contributed by atoms with van der Waals surface area (Å²) >= 11 is 0. The van der Waals surface area contributed by atoms with Gasteiger partial charge < -0.3 is 25.2 Å². The van der Waals surface area contributed by atoms with Crippen molar-refractivity contribution in [2.24, 2.45) is 28.6 Å². The summed E-state index contributed by atoms with van der Waals surface area (Å²) in [5.41, 5.74) is -6.65. The van der Waals surface area contributed by atoms with Gasteiger partial charge in [-0.15, -0.1) is 0 Å². The number of nitrogens with one attached hydrogen (secondary N) is 2. The second-order valence-electron chi connectivity index (χ2n) is 13.7. The summed E-state index contributed by atoms with van der Waals surface area (Å²) in [6.07, 6.45) is 5.57. The van der Waals surface area contributed by atoms with Gasteiger partial charge in [-0.2, -0.15) is 13.2 Å². The summed E-state index contributed by atoms with van der Waals surface area (Å²) in [5, 5.41) is 15.1. The first-order valence-electron chi connectivity index (χ1n) is 15.8. The number of ether oxygens (including phenoxy) is 2. The first kappa shape index (κ1) is 34.0. The average Bonchev–Trinajstić information content (AvgIpc) is 3.66. The van der Waals surface area contributed by atoms with Crippen LogP contribution in [0.25, 0.3) is 0 Å². The lowest BCUT2D eigenvalue weighted by atomic mass is 9.54. The van der Waals surface area contributed by atoms with Gasteiger partial charge in [0.1, 0.15) is 5.75 Å². The number of carbonyl (C=O) groups excluding carboxylic acids is 2. The predicted molar refractivity (Wildman–Crippen MR) is 163 cm³/mol. The number of hydrogen-bond donors (Lipinski definition) is 3. The maximum atomic E-state index is 15.1. The zero-order chi connectivity index (χ0) is 34.6. The number of aliphatic carboxylic acids is 1. The van der Waals surface area contributed by atoms with E-state index in [4.69, 9.17) is 9.47 Å². The monoisotopic (exact) mass is 696 g/mol. The molecule has 2 aromatic rings. The molecule has 3 N–H and O–H groups in total. The summed E-state index contributed by atoms with van der Waals surface area (Å²) in [4.78, 5) is 38.0. The molecule has 0 aliphatic heterocycles. The van der Waals surface area contributed by atoms with E-state index in [-0.39, 0.29) is 46.6 Å². The van der Waals surface area contributed by atoms with E-state index in [0.29, 0.717) is 51.4 Å². The number of carbonyl (C=O) groups is 3. The number of carboxylic acid groups (broad SMARTS) is 1. The molecular weight excluding hydrogens is 660 g/mol. The zero-order valence-electron chi connectivity index (χ0n) is 26.1. The molecule has 260 valence electrons. The highest BCUT2D eigenvalue weighted by molar-refractivity contribution is 7.92. The third kappa shape index (κ3) is 5.98. The smallest absolute Gasteiger partial charge is 0.496 e. The van der Waals surface area contributed by atoms with Gasteiger partial charge in [-0.3, -0.25) is 14.4 Å². The van der Waals surface area contributed by atoms with Crippen molar-refractivity contribution in [3.8, 4) is 11.5 Å². The van der Waals surface area contributed by atoms with Crippen molar-refractivity contribution in [3.05, 3.63) is 47.8 Å². The fourth-order valence-corrected chi connectivity index (χ4v) is 9.04. The van der Waals surface area contributed by atoms with Crippen molar-refractivity contribution in [1.82, 2.24) is 5.32 Å². The van der Waals surface area contributed by atoms with Crippen LogP contribution in [0.2, 0.25) is 0 Å². The molecule has 48 heavy (non-hydrogen) atoms. The van der Waals surface area contributed by atoms with Crippen LogP contribution in [0.15, 0.2) is 41.3 Å². The fourth-order valence-electron chi connectivity index (χ4n) is 8.23. The summed E-state index contributed by atoms with van der Waals surface area (Å²) in [6, 6.07) is 5.56. The maximum absolute atomic E-state index is 15.1.